The molecule has 1 fully saturated rings. The van der Waals surface area contributed by atoms with Gasteiger partial charge >= 0.3 is 13.3 Å². The molecule has 1 saturated heterocycles. The van der Waals surface area contributed by atoms with Crippen LogP contribution >= 0.6 is 0 Å². The summed E-state index contributed by atoms with van der Waals surface area (Å²) in [5.74, 6) is -1.78. The predicted molar refractivity (Wildman–Crippen MR) is 111 cm³/mol. The number of alkyl halides is 3. The van der Waals surface area contributed by atoms with Gasteiger partial charge in [0.25, 0.3) is 5.91 Å². The van der Waals surface area contributed by atoms with E-state index in [-0.39, 0.29) is 5.56 Å². The highest BCUT2D eigenvalue weighted by molar-refractivity contribution is 6.62. The molecule has 0 unspecified atom stereocenters. The quantitative estimate of drug-likeness (QED) is 0.445. The number of hydrogen-bond donors (Lipinski definition) is 1. The summed E-state index contributed by atoms with van der Waals surface area (Å²) in [5.41, 5.74) is -1.62. The Bertz CT molecular complexity index is 1190. The number of nitrogens with one attached hydrogen (secondary N) is 1. The van der Waals surface area contributed by atoms with Crippen molar-refractivity contribution in [1.29, 1.82) is 0 Å². The Morgan fingerprint density at radius 3 is 2.28 bits per heavy atom. The molecule has 168 valence electrons. The van der Waals surface area contributed by atoms with Crippen LogP contribution in [0.1, 0.15) is 43.6 Å². The van der Waals surface area contributed by atoms with Crippen LogP contribution in [-0.2, 0) is 15.5 Å². The first-order chi connectivity index (χ1) is 14.8. The topological polar surface area (TPSA) is 60.7 Å². The lowest BCUT2D eigenvalue weighted by Gasteiger charge is -2.32. The molecule has 0 aliphatic carbocycles. The van der Waals surface area contributed by atoms with Gasteiger partial charge in [-0.25, -0.2) is 4.39 Å². The van der Waals surface area contributed by atoms with Crippen LogP contribution in [0.2, 0.25) is 0 Å². The van der Waals surface area contributed by atoms with Crippen molar-refractivity contribution in [2.75, 3.05) is 5.32 Å². The van der Waals surface area contributed by atoms with Crippen molar-refractivity contribution < 1.29 is 36.1 Å². The highest BCUT2D eigenvalue weighted by atomic mass is 19.4. The van der Waals surface area contributed by atoms with Crippen molar-refractivity contribution in [1.82, 2.24) is 0 Å². The fourth-order valence-corrected chi connectivity index (χ4v) is 3.33. The van der Waals surface area contributed by atoms with Gasteiger partial charge in [0.1, 0.15) is 17.7 Å². The number of hydrogen-bond acceptors (Lipinski definition) is 4. The van der Waals surface area contributed by atoms with Gasteiger partial charge in [-0.1, -0.05) is 12.1 Å². The van der Waals surface area contributed by atoms with E-state index < -0.39 is 47.5 Å². The first-order valence-electron chi connectivity index (χ1n) is 9.83. The molecule has 0 spiro atoms. The molecule has 0 bridgehead atoms. The number of furan rings is 1. The first kappa shape index (κ1) is 22.4. The van der Waals surface area contributed by atoms with Crippen LogP contribution in [0.4, 0.5) is 23.2 Å². The van der Waals surface area contributed by atoms with Crippen LogP contribution in [0.15, 0.2) is 47.1 Å². The van der Waals surface area contributed by atoms with Crippen molar-refractivity contribution in [3.8, 4) is 0 Å². The maximum atomic E-state index is 14.0. The Labute approximate surface area is 181 Å². The van der Waals surface area contributed by atoms with E-state index in [1.54, 1.807) is 18.2 Å². The monoisotopic (exact) mass is 449 g/mol. The standard InChI is InChI=1S/C22H20BF4NO4/c1-20(2)21(3,4)32-23(31-20)13-6-7-14-15(11-30-18(14)10-13)19(29)28-17-9-12(22(25,26)27)5-8-16(17)24/h5-11H,1-4H3,(H,28,29). The van der Waals surface area contributed by atoms with Gasteiger partial charge in [-0.15, -0.1) is 0 Å². The number of anilines is 1. The van der Waals surface area contributed by atoms with E-state index in [9.17, 15) is 22.4 Å². The molecule has 2 aromatic carbocycles. The van der Waals surface area contributed by atoms with Crippen molar-refractivity contribution in [2.24, 2.45) is 0 Å². The summed E-state index contributed by atoms with van der Waals surface area (Å²) in [6.45, 7) is 7.70. The fraction of sp³-hybridized carbons (Fsp3) is 0.318. The van der Waals surface area contributed by atoms with E-state index in [1.165, 1.54) is 6.26 Å². The van der Waals surface area contributed by atoms with Crippen molar-refractivity contribution in [3.05, 3.63) is 59.6 Å². The van der Waals surface area contributed by atoms with Crippen LogP contribution in [0, 0.1) is 5.82 Å². The van der Waals surface area contributed by atoms with Crippen molar-refractivity contribution in [3.63, 3.8) is 0 Å². The smallest absolute Gasteiger partial charge is 0.464 e. The highest BCUT2D eigenvalue weighted by Gasteiger charge is 2.51. The highest BCUT2D eigenvalue weighted by Crippen LogP contribution is 2.37. The zero-order valence-electron chi connectivity index (χ0n) is 17.8. The molecule has 1 amide bonds. The van der Waals surface area contributed by atoms with Gasteiger partial charge in [-0.05, 0) is 57.4 Å². The average Bonchev–Trinajstić information content (AvgIpc) is 3.19. The second kappa shape index (κ2) is 7.35. The maximum absolute atomic E-state index is 14.0. The van der Waals surface area contributed by atoms with E-state index in [0.29, 0.717) is 34.6 Å². The molecule has 4 rings (SSSR count). The molecule has 0 saturated carbocycles. The van der Waals surface area contributed by atoms with Crippen LogP contribution in [-0.4, -0.2) is 24.2 Å². The van der Waals surface area contributed by atoms with E-state index in [4.69, 9.17) is 13.7 Å². The van der Waals surface area contributed by atoms with E-state index in [1.807, 2.05) is 27.7 Å². The second-order valence-corrected chi connectivity index (χ2v) is 8.64. The van der Waals surface area contributed by atoms with Crippen LogP contribution in [0.5, 0.6) is 0 Å². The van der Waals surface area contributed by atoms with Gasteiger partial charge in [0, 0.05) is 5.39 Å². The normalized spacial score (nSPS) is 17.7. The predicted octanol–water partition coefficient (Wildman–Crippen LogP) is 5.14. The van der Waals surface area contributed by atoms with Gasteiger partial charge in [0.15, 0.2) is 0 Å². The molecule has 3 aromatic rings. The Morgan fingerprint density at radius 2 is 1.66 bits per heavy atom. The summed E-state index contributed by atoms with van der Waals surface area (Å²) in [6, 6.07) is 6.81. The van der Waals surface area contributed by atoms with Crippen molar-refractivity contribution >= 4 is 35.1 Å². The minimum absolute atomic E-state index is 0.0530. The molecule has 1 aliphatic heterocycles. The fourth-order valence-electron chi connectivity index (χ4n) is 3.33. The Kier molecular flexibility index (Phi) is 5.13. The summed E-state index contributed by atoms with van der Waals surface area (Å²) in [4.78, 5) is 12.6. The molecule has 1 N–H and O–H groups in total. The largest absolute Gasteiger partial charge is 0.494 e. The summed E-state index contributed by atoms with van der Waals surface area (Å²) in [5, 5.41) is 2.60. The minimum Gasteiger partial charge on any atom is -0.464 e. The lowest BCUT2D eigenvalue weighted by molar-refractivity contribution is -0.137. The van der Waals surface area contributed by atoms with Crippen LogP contribution in [0.3, 0.4) is 0 Å². The number of benzene rings is 2. The molecule has 10 heteroatoms. The molecule has 1 aromatic heterocycles. The number of carbonyl (C=O) groups is 1. The molecule has 0 atom stereocenters. The molecule has 0 radical (unpaired) electrons. The number of fused-ring (bicyclic) bond motifs is 1. The van der Waals surface area contributed by atoms with Gasteiger partial charge in [0.05, 0.1) is 28.0 Å². The zero-order valence-corrected chi connectivity index (χ0v) is 17.8. The van der Waals surface area contributed by atoms with Gasteiger partial charge in [0.2, 0.25) is 0 Å². The van der Waals surface area contributed by atoms with Crippen LogP contribution in [0.25, 0.3) is 11.0 Å². The Balaban J connectivity index is 1.60. The SMILES string of the molecule is CC1(C)OB(c2ccc3c(C(=O)Nc4cc(C(F)(F)F)ccc4F)coc3c2)OC1(C)C. The summed E-state index contributed by atoms with van der Waals surface area (Å²) >= 11 is 0. The van der Waals surface area contributed by atoms with E-state index in [2.05, 4.69) is 5.32 Å². The lowest BCUT2D eigenvalue weighted by atomic mass is 9.79. The molecular formula is C22H20BF4NO4. The molecule has 2 heterocycles. The van der Waals surface area contributed by atoms with Gasteiger partial charge in [-0.2, -0.15) is 13.2 Å². The second-order valence-electron chi connectivity index (χ2n) is 8.64. The third-order valence-electron chi connectivity index (χ3n) is 5.91. The third-order valence-corrected chi connectivity index (χ3v) is 5.91. The zero-order chi connectivity index (χ0) is 23.5. The van der Waals surface area contributed by atoms with Gasteiger partial charge < -0.3 is 19.0 Å². The van der Waals surface area contributed by atoms with Crippen LogP contribution < -0.4 is 10.8 Å². The van der Waals surface area contributed by atoms with E-state index >= 15 is 0 Å². The molecule has 5 nitrogen and oxygen atoms in total. The van der Waals surface area contributed by atoms with Crippen molar-refractivity contribution in [2.45, 2.75) is 45.1 Å². The molecular weight excluding hydrogens is 429 g/mol. The minimum atomic E-state index is -4.67. The molecule has 1 aliphatic rings. The summed E-state index contributed by atoms with van der Waals surface area (Å²) in [6.07, 6.45) is -3.50. The van der Waals surface area contributed by atoms with E-state index in [0.717, 1.165) is 0 Å². The number of rotatable bonds is 3. The maximum Gasteiger partial charge on any atom is 0.494 e. The summed E-state index contributed by atoms with van der Waals surface area (Å²) < 4.78 is 70.2. The number of amides is 1. The Hall–Kier alpha value is -2.85. The molecule has 32 heavy (non-hydrogen) atoms. The number of halogens is 4. The first-order valence-corrected chi connectivity index (χ1v) is 9.83. The third kappa shape index (κ3) is 3.88. The van der Waals surface area contributed by atoms with Gasteiger partial charge in [-0.3, -0.25) is 4.79 Å². The average molecular weight is 449 g/mol. The number of carbonyl (C=O) groups excluding carboxylic acids is 1. The summed E-state index contributed by atoms with van der Waals surface area (Å²) in [7, 11) is -0.633. The lowest BCUT2D eigenvalue weighted by Crippen LogP contribution is -2.41. The Morgan fingerprint density at radius 1 is 1.00 bits per heavy atom.